The predicted octanol–water partition coefficient (Wildman–Crippen LogP) is 9.51. The Morgan fingerprint density at radius 1 is 0.684 bits per heavy atom. The number of aryl methyl sites for hydroxylation is 2. The molecule has 0 aromatic heterocycles. The van der Waals surface area contributed by atoms with Crippen molar-refractivity contribution in [1.82, 2.24) is 0 Å². The molecular formula is C36H31FO. The summed E-state index contributed by atoms with van der Waals surface area (Å²) >= 11 is 0. The Kier molecular flexibility index (Phi) is 7.57. The molecule has 0 bridgehead atoms. The van der Waals surface area contributed by atoms with E-state index < -0.39 is 0 Å². The van der Waals surface area contributed by atoms with Gasteiger partial charge in [-0.25, -0.2) is 4.39 Å². The zero-order valence-electron chi connectivity index (χ0n) is 22.1. The third-order valence-corrected chi connectivity index (χ3v) is 6.81. The van der Waals surface area contributed by atoms with Crippen LogP contribution in [0.1, 0.15) is 42.0 Å². The van der Waals surface area contributed by atoms with E-state index in [0.717, 1.165) is 52.7 Å². The number of fused-ring (bicyclic) bond motifs is 1. The van der Waals surface area contributed by atoms with Crippen LogP contribution in [0.15, 0.2) is 97.1 Å². The second-order valence-corrected chi connectivity index (χ2v) is 9.77. The van der Waals surface area contributed by atoms with Gasteiger partial charge in [-0.2, -0.15) is 0 Å². The number of rotatable bonds is 6. The Morgan fingerprint density at radius 2 is 1.34 bits per heavy atom. The molecule has 0 aliphatic rings. The first-order chi connectivity index (χ1) is 18.5. The van der Waals surface area contributed by atoms with E-state index in [1.54, 1.807) is 6.07 Å². The number of halogens is 1. The first-order valence-corrected chi connectivity index (χ1v) is 13.2. The van der Waals surface area contributed by atoms with E-state index >= 15 is 4.39 Å². The zero-order chi connectivity index (χ0) is 26.5. The first-order valence-electron chi connectivity index (χ1n) is 13.2. The molecule has 0 fully saturated rings. The third kappa shape index (κ3) is 5.79. The van der Waals surface area contributed by atoms with Crippen molar-refractivity contribution in [2.24, 2.45) is 0 Å². The maximum absolute atomic E-state index is 15.3. The highest BCUT2D eigenvalue weighted by Gasteiger charge is 2.10. The Morgan fingerprint density at radius 3 is 2.05 bits per heavy atom. The minimum absolute atomic E-state index is 0.268. The normalized spacial score (nSPS) is 10.7. The number of hydrogen-bond acceptors (Lipinski definition) is 1. The van der Waals surface area contributed by atoms with Crippen molar-refractivity contribution in [2.45, 2.75) is 33.6 Å². The summed E-state index contributed by atoms with van der Waals surface area (Å²) in [5, 5.41) is 2.22. The van der Waals surface area contributed by atoms with Gasteiger partial charge in [0, 0.05) is 16.7 Å². The molecule has 2 heteroatoms. The minimum atomic E-state index is -0.268. The van der Waals surface area contributed by atoms with E-state index in [0.29, 0.717) is 11.1 Å². The molecule has 0 atom stereocenters. The van der Waals surface area contributed by atoms with E-state index in [4.69, 9.17) is 4.74 Å². The summed E-state index contributed by atoms with van der Waals surface area (Å²) in [6.45, 7) is 6.93. The van der Waals surface area contributed by atoms with Gasteiger partial charge in [-0.3, -0.25) is 0 Å². The maximum atomic E-state index is 15.3. The van der Waals surface area contributed by atoms with Gasteiger partial charge in [0.05, 0.1) is 6.61 Å². The first kappa shape index (κ1) is 25.3. The summed E-state index contributed by atoms with van der Waals surface area (Å²) in [4.78, 5) is 0. The molecular weight excluding hydrogens is 467 g/mol. The van der Waals surface area contributed by atoms with Crippen LogP contribution < -0.4 is 4.74 Å². The molecule has 0 aliphatic heterocycles. The number of ether oxygens (including phenoxy) is 1. The van der Waals surface area contributed by atoms with E-state index in [1.807, 2.05) is 43.3 Å². The highest BCUT2D eigenvalue weighted by molar-refractivity contribution is 5.91. The topological polar surface area (TPSA) is 9.23 Å². The third-order valence-electron chi connectivity index (χ3n) is 6.81. The SMILES string of the molecule is CCCCOc1ccc(C#Cc2cc(F)c(-c3ccc4cc(-c5ccc(C)cc5)ccc4c3)cc2C)cc1. The van der Waals surface area contributed by atoms with Crippen molar-refractivity contribution < 1.29 is 9.13 Å². The lowest BCUT2D eigenvalue weighted by molar-refractivity contribution is 0.309. The molecule has 38 heavy (non-hydrogen) atoms. The lowest BCUT2D eigenvalue weighted by Gasteiger charge is -2.10. The van der Waals surface area contributed by atoms with Crippen molar-refractivity contribution in [3.8, 4) is 39.8 Å². The molecule has 5 rings (SSSR count). The second-order valence-electron chi connectivity index (χ2n) is 9.77. The van der Waals surface area contributed by atoms with E-state index in [1.165, 1.54) is 16.7 Å². The summed E-state index contributed by atoms with van der Waals surface area (Å²) in [5.41, 5.74) is 7.57. The average molecular weight is 499 g/mol. The van der Waals surface area contributed by atoms with Crippen LogP contribution in [0.5, 0.6) is 5.75 Å². The molecule has 0 amide bonds. The molecule has 0 aliphatic carbocycles. The molecule has 0 radical (unpaired) electrons. The fraction of sp³-hybridized carbons (Fsp3) is 0.167. The van der Waals surface area contributed by atoms with Crippen molar-refractivity contribution >= 4 is 10.8 Å². The molecule has 0 saturated heterocycles. The van der Waals surface area contributed by atoms with Crippen LogP contribution >= 0.6 is 0 Å². The van der Waals surface area contributed by atoms with Gasteiger partial charge in [-0.1, -0.05) is 79.3 Å². The monoisotopic (exact) mass is 498 g/mol. The van der Waals surface area contributed by atoms with Gasteiger partial charge < -0.3 is 4.74 Å². The molecule has 0 spiro atoms. The van der Waals surface area contributed by atoms with Gasteiger partial charge in [0.2, 0.25) is 0 Å². The van der Waals surface area contributed by atoms with Gasteiger partial charge in [0.1, 0.15) is 11.6 Å². The molecule has 0 unspecified atom stereocenters. The standard InChI is InChI=1S/C36H31FO/c1-4-5-20-38-34-18-9-27(10-19-34)8-13-29-24-36(37)35(21-26(29)3)33-17-16-31-22-30(14-15-32(31)23-33)28-11-6-25(2)7-12-28/h6-7,9-12,14-19,21-24H,4-5,20H2,1-3H3. The number of unbranched alkanes of at least 4 members (excludes halogenated alkanes) is 1. The van der Waals surface area contributed by atoms with E-state index in [9.17, 15) is 0 Å². The van der Waals surface area contributed by atoms with E-state index in [-0.39, 0.29) is 5.82 Å². The molecule has 188 valence electrons. The zero-order valence-corrected chi connectivity index (χ0v) is 22.1. The quantitative estimate of drug-likeness (QED) is 0.167. The van der Waals surface area contributed by atoms with Gasteiger partial charge in [0.15, 0.2) is 0 Å². The van der Waals surface area contributed by atoms with Crippen LogP contribution in [0.3, 0.4) is 0 Å². The van der Waals surface area contributed by atoms with Crippen LogP contribution in [0, 0.1) is 31.5 Å². The average Bonchev–Trinajstić information content (AvgIpc) is 2.94. The van der Waals surface area contributed by atoms with Crippen molar-refractivity contribution in [3.63, 3.8) is 0 Å². The summed E-state index contributed by atoms with van der Waals surface area (Å²) < 4.78 is 21.0. The fourth-order valence-electron chi connectivity index (χ4n) is 4.48. The summed E-state index contributed by atoms with van der Waals surface area (Å²) in [6.07, 6.45) is 2.14. The summed E-state index contributed by atoms with van der Waals surface area (Å²) in [6, 6.07) is 32.3. The molecule has 5 aromatic rings. The second kappa shape index (κ2) is 11.4. The van der Waals surface area contributed by atoms with Gasteiger partial charge >= 0.3 is 0 Å². The van der Waals surface area contributed by atoms with Crippen molar-refractivity contribution in [2.75, 3.05) is 6.61 Å². The highest BCUT2D eigenvalue weighted by Crippen LogP contribution is 2.31. The largest absolute Gasteiger partial charge is 0.494 e. The Hall–Kier alpha value is -4.35. The lowest BCUT2D eigenvalue weighted by Crippen LogP contribution is -1.95. The smallest absolute Gasteiger partial charge is 0.132 e. The van der Waals surface area contributed by atoms with E-state index in [2.05, 4.69) is 80.3 Å². The van der Waals surface area contributed by atoms with Gasteiger partial charge in [0.25, 0.3) is 0 Å². The van der Waals surface area contributed by atoms with Gasteiger partial charge in [-0.15, -0.1) is 0 Å². The number of benzene rings is 5. The van der Waals surface area contributed by atoms with Crippen LogP contribution in [-0.4, -0.2) is 6.61 Å². The minimum Gasteiger partial charge on any atom is -0.494 e. The molecule has 5 aromatic carbocycles. The van der Waals surface area contributed by atoms with Crippen LogP contribution in [-0.2, 0) is 0 Å². The Balaban J connectivity index is 1.37. The lowest BCUT2D eigenvalue weighted by atomic mass is 9.95. The van der Waals surface area contributed by atoms with Crippen LogP contribution in [0.4, 0.5) is 4.39 Å². The summed E-state index contributed by atoms with van der Waals surface area (Å²) in [5.74, 6) is 6.88. The fourth-order valence-corrected chi connectivity index (χ4v) is 4.48. The summed E-state index contributed by atoms with van der Waals surface area (Å²) in [7, 11) is 0. The van der Waals surface area contributed by atoms with Crippen LogP contribution in [0.2, 0.25) is 0 Å². The van der Waals surface area contributed by atoms with Crippen molar-refractivity contribution in [1.29, 1.82) is 0 Å². The molecule has 0 saturated carbocycles. The van der Waals surface area contributed by atoms with Crippen molar-refractivity contribution in [3.05, 3.63) is 125 Å². The Bertz CT molecular complexity index is 1630. The molecule has 1 nitrogen and oxygen atoms in total. The highest BCUT2D eigenvalue weighted by atomic mass is 19.1. The number of hydrogen-bond donors (Lipinski definition) is 0. The Labute approximate surface area is 224 Å². The maximum Gasteiger partial charge on any atom is 0.132 e. The van der Waals surface area contributed by atoms with Gasteiger partial charge in [-0.05, 0) is 102 Å². The molecule has 0 heterocycles. The molecule has 0 N–H and O–H groups in total. The predicted molar refractivity (Wildman–Crippen MR) is 157 cm³/mol. The van der Waals surface area contributed by atoms with Crippen LogP contribution in [0.25, 0.3) is 33.0 Å².